The predicted molar refractivity (Wildman–Crippen MR) is 70.8 cm³/mol. The van der Waals surface area contributed by atoms with Gasteiger partial charge in [-0.3, -0.25) is 4.79 Å². The van der Waals surface area contributed by atoms with E-state index in [1.807, 2.05) is 0 Å². The minimum atomic E-state index is -2.49. The fourth-order valence-corrected chi connectivity index (χ4v) is 2.08. The molecule has 0 aliphatic heterocycles. The van der Waals surface area contributed by atoms with Crippen LogP contribution in [0.15, 0.2) is 22.7 Å². The van der Waals surface area contributed by atoms with Crippen molar-refractivity contribution in [3.05, 3.63) is 28.2 Å². The van der Waals surface area contributed by atoms with Gasteiger partial charge in [-0.15, -0.1) is 0 Å². The molecule has 106 valence electrons. The number of alkyl halides is 2. The SMILES string of the molecule is COc1ccc(CC(=O)CCOCC(F)F)cc1Br. The number of carbonyl (C=O) groups is 1. The second kappa shape index (κ2) is 8.22. The molecule has 6 heteroatoms. The molecule has 0 spiro atoms. The number of halogens is 3. The van der Waals surface area contributed by atoms with Crippen LogP contribution >= 0.6 is 15.9 Å². The zero-order valence-electron chi connectivity index (χ0n) is 10.5. The summed E-state index contributed by atoms with van der Waals surface area (Å²) in [6.45, 7) is -0.595. The van der Waals surface area contributed by atoms with Crippen LogP contribution in [-0.4, -0.2) is 32.5 Å². The highest BCUT2D eigenvalue weighted by atomic mass is 79.9. The summed E-state index contributed by atoms with van der Waals surface area (Å²) in [5.74, 6) is 0.641. The maximum atomic E-state index is 11.8. The maximum absolute atomic E-state index is 11.8. The number of benzene rings is 1. The Kier molecular flexibility index (Phi) is 6.94. The van der Waals surface area contributed by atoms with Crippen LogP contribution in [0.4, 0.5) is 8.78 Å². The minimum absolute atomic E-state index is 0.0283. The molecule has 0 aliphatic carbocycles. The first-order chi connectivity index (χ1) is 9.02. The normalized spacial score (nSPS) is 10.8. The summed E-state index contributed by atoms with van der Waals surface area (Å²) in [4.78, 5) is 11.6. The fraction of sp³-hybridized carbons (Fsp3) is 0.462. The molecule has 0 bridgehead atoms. The van der Waals surface area contributed by atoms with Crippen LogP contribution in [-0.2, 0) is 16.0 Å². The number of hydrogen-bond donors (Lipinski definition) is 0. The first-order valence-corrected chi connectivity index (χ1v) is 6.52. The number of methoxy groups -OCH3 is 1. The van der Waals surface area contributed by atoms with Gasteiger partial charge in [0, 0.05) is 12.8 Å². The number of ketones is 1. The maximum Gasteiger partial charge on any atom is 0.261 e. The zero-order chi connectivity index (χ0) is 14.3. The van der Waals surface area contributed by atoms with Crippen LogP contribution < -0.4 is 4.74 Å². The molecule has 0 heterocycles. The molecule has 0 amide bonds. The predicted octanol–water partition coefficient (Wildman–Crippen LogP) is 3.24. The fourth-order valence-electron chi connectivity index (χ4n) is 1.49. The largest absolute Gasteiger partial charge is 0.496 e. The molecule has 1 rings (SSSR count). The monoisotopic (exact) mass is 336 g/mol. The van der Waals surface area contributed by atoms with Gasteiger partial charge in [0.05, 0.1) is 18.2 Å². The van der Waals surface area contributed by atoms with E-state index in [2.05, 4.69) is 20.7 Å². The van der Waals surface area contributed by atoms with E-state index in [9.17, 15) is 13.6 Å². The van der Waals surface area contributed by atoms with Gasteiger partial charge in [-0.05, 0) is 33.6 Å². The lowest BCUT2D eigenvalue weighted by Crippen LogP contribution is -2.10. The molecule has 0 unspecified atom stereocenters. The lowest BCUT2D eigenvalue weighted by molar-refractivity contribution is -0.119. The molecule has 0 saturated heterocycles. The molecule has 1 aromatic carbocycles. The van der Waals surface area contributed by atoms with Crippen molar-refractivity contribution < 1.29 is 23.0 Å². The second-order valence-corrected chi connectivity index (χ2v) is 4.75. The van der Waals surface area contributed by atoms with Gasteiger partial charge < -0.3 is 9.47 Å². The standard InChI is InChI=1S/C13H15BrF2O3/c1-18-12-3-2-9(7-11(12)14)6-10(17)4-5-19-8-13(15)16/h2-3,7,13H,4-6,8H2,1H3. The van der Waals surface area contributed by atoms with E-state index in [1.165, 1.54) is 0 Å². The van der Waals surface area contributed by atoms with E-state index in [0.29, 0.717) is 5.75 Å². The van der Waals surface area contributed by atoms with Gasteiger partial charge in [0.1, 0.15) is 18.1 Å². The average molecular weight is 337 g/mol. The summed E-state index contributed by atoms with van der Waals surface area (Å²) in [5.41, 5.74) is 0.839. The third-order valence-corrected chi connectivity index (χ3v) is 3.01. The van der Waals surface area contributed by atoms with E-state index >= 15 is 0 Å². The Balaban J connectivity index is 2.38. The van der Waals surface area contributed by atoms with Crippen molar-refractivity contribution in [1.29, 1.82) is 0 Å². The van der Waals surface area contributed by atoms with Crippen LogP contribution in [0.3, 0.4) is 0 Å². The Bertz CT molecular complexity index is 424. The number of ether oxygens (including phenoxy) is 2. The molecular formula is C13H15BrF2O3. The molecule has 3 nitrogen and oxygen atoms in total. The molecule has 0 saturated carbocycles. The Hall–Kier alpha value is -1.01. The van der Waals surface area contributed by atoms with Crippen LogP contribution in [0.5, 0.6) is 5.75 Å². The highest BCUT2D eigenvalue weighted by Gasteiger charge is 2.08. The summed E-state index contributed by atoms with van der Waals surface area (Å²) in [7, 11) is 1.56. The third-order valence-electron chi connectivity index (χ3n) is 2.39. The zero-order valence-corrected chi connectivity index (χ0v) is 12.1. The Labute approximate surface area is 119 Å². The highest BCUT2D eigenvalue weighted by Crippen LogP contribution is 2.25. The summed E-state index contributed by atoms with van der Waals surface area (Å²) in [6.07, 6.45) is -2.11. The highest BCUT2D eigenvalue weighted by molar-refractivity contribution is 9.10. The van der Waals surface area contributed by atoms with Crippen molar-refractivity contribution in [1.82, 2.24) is 0 Å². The number of hydrogen-bond acceptors (Lipinski definition) is 3. The molecule has 0 radical (unpaired) electrons. The van der Waals surface area contributed by atoms with Gasteiger partial charge >= 0.3 is 0 Å². The van der Waals surface area contributed by atoms with Crippen molar-refractivity contribution in [3.63, 3.8) is 0 Å². The lowest BCUT2D eigenvalue weighted by atomic mass is 10.1. The Morgan fingerprint density at radius 1 is 1.42 bits per heavy atom. The topological polar surface area (TPSA) is 35.5 Å². The minimum Gasteiger partial charge on any atom is -0.496 e. The van der Waals surface area contributed by atoms with Crippen molar-refractivity contribution in [2.45, 2.75) is 19.3 Å². The van der Waals surface area contributed by atoms with Crippen molar-refractivity contribution in [2.75, 3.05) is 20.3 Å². The van der Waals surface area contributed by atoms with Crippen molar-refractivity contribution >= 4 is 21.7 Å². The molecule has 1 aromatic rings. The smallest absolute Gasteiger partial charge is 0.261 e. The van der Waals surface area contributed by atoms with Gasteiger partial charge in [-0.25, -0.2) is 8.78 Å². The van der Waals surface area contributed by atoms with Gasteiger partial charge in [-0.2, -0.15) is 0 Å². The second-order valence-electron chi connectivity index (χ2n) is 3.90. The van der Waals surface area contributed by atoms with Gasteiger partial charge in [0.15, 0.2) is 0 Å². The molecule has 0 atom stereocenters. The van der Waals surface area contributed by atoms with Crippen LogP contribution in [0.2, 0.25) is 0 Å². The van der Waals surface area contributed by atoms with Crippen molar-refractivity contribution in [3.8, 4) is 5.75 Å². The van der Waals surface area contributed by atoms with E-state index in [4.69, 9.17) is 4.74 Å². The van der Waals surface area contributed by atoms with Gasteiger partial charge in [0.25, 0.3) is 6.43 Å². The van der Waals surface area contributed by atoms with E-state index in [-0.39, 0.29) is 25.2 Å². The molecule has 0 N–H and O–H groups in total. The third kappa shape index (κ3) is 6.11. The van der Waals surface area contributed by atoms with E-state index in [0.717, 1.165) is 10.0 Å². The van der Waals surface area contributed by atoms with E-state index in [1.54, 1.807) is 25.3 Å². The van der Waals surface area contributed by atoms with Crippen LogP contribution in [0, 0.1) is 0 Å². The summed E-state index contributed by atoms with van der Waals surface area (Å²) in [6, 6.07) is 5.36. The van der Waals surface area contributed by atoms with Gasteiger partial charge in [-0.1, -0.05) is 6.07 Å². The van der Waals surface area contributed by atoms with Crippen LogP contribution in [0.25, 0.3) is 0 Å². The van der Waals surface area contributed by atoms with Gasteiger partial charge in [0.2, 0.25) is 0 Å². The quantitative estimate of drug-likeness (QED) is 0.683. The number of rotatable bonds is 8. The Morgan fingerprint density at radius 3 is 2.74 bits per heavy atom. The number of carbonyl (C=O) groups excluding carboxylic acids is 1. The molecule has 0 fully saturated rings. The summed E-state index contributed by atoms with van der Waals surface area (Å²) < 4.78 is 34.1. The molecular weight excluding hydrogens is 322 g/mol. The average Bonchev–Trinajstić information content (AvgIpc) is 2.35. The van der Waals surface area contributed by atoms with Crippen molar-refractivity contribution in [2.24, 2.45) is 0 Å². The first kappa shape index (κ1) is 16.0. The molecule has 0 aromatic heterocycles. The van der Waals surface area contributed by atoms with E-state index < -0.39 is 13.0 Å². The molecule has 19 heavy (non-hydrogen) atoms. The molecule has 0 aliphatic rings. The summed E-state index contributed by atoms with van der Waals surface area (Å²) >= 11 is 3.33. The number of Topliss-reactive ketones (excluding diaryl/α,β-unsaturated/α-hetero) is 1. The lowest BCUT2D eigenvalue weighted by Gasteiger charge is -2.06. The Morgan fingerprint density at radius 2 is 2.16 bits per heavy atom. The first-order valence-electron chi connectivity index (χ1n) is 5.73. The van der Waals surface area contributed by atoms with Crippen LogP contribution in [0.1, 0.15) is 12.0 Å². The summed E-state index contributed by atoms with van der Waals surface area (Å²) in [5, 5.41) is 0.